The van der Waals surface area contributed by atoms with Crippen molar-refractivity contribution in [1.29, 1.82) is 0 Å². The van der Waals surface area contributed by atoms with Crippen LogP contribution in [0.2, 0.25) is 5.02 Å². The molecule has 1 unspecified atom stereocenters. The van der Waals surface area contributed by atoms with Crippen LogP contribution < -0.4 is 10.5 Å². The second-order valence-electron chi connectivity index (χ2n) is 8.11. The highest BCUT2D eigenvalue weighted by molar-refractivity contribution is 7.83. The molecular formula is C24H27ClN4O2S. The highest BCUT2D eigenvalue weighted by Crippen LogP contribution is 2.23. The van der Waals surface area contributed by atoms with E-state index >= 15 is 0 Å². The zero-order valence-electron chi connectivity index (χ0n) is 18.3. The van der Waals surface area contributed by atoms with Gasteiger partial charge in [0.25, 0.3) is 5.56 Å². The Labute approximate surface area is 196 Å². The van der Waals surface area contributed by atoms with E-state index in [0.717, 1.165) is 11.3 Å². The molecule has 0 aliphatic carbocycles. The molecule has 8 heteroatoms. The van der Waals surface area contributed by atoms with Crippen LogP contribution >= 0.6 is 11.6 Å². The maximum Gasteiger partial charge on any atom is 0.277 e. The summed E-state index contributed by atoms with van der Waals surface area (Å²) in [5.74, 6) is 0. The van der Waals surface area contributed by atoms with Gasteiger partial charge in [-0.2, -0.15) is 9.78 Å². The van der Waals surface area contributed by atoms with E-state index in [-0.39, 0.29) is 10.8 Å². The Hall–Kier alpha value is -2.48. The van der Waals surface area contributed by atoms with Gasteiger partial charge in [0.15, 0.2) is 0 Å². The zero-order valence-corrected chi connectivity index (χ0v) is 19.9. The standard InChI is InChI=1S/C24H27ClN4O2S/c1-18(2)32(31)28-13-11-27(12-14-28)23-17-26-29(21-10-6-9-20(25)16-21)24(30)22(23)15-19-7-4-3-5-8-19/h3-10,16-18H,11-15H2,1-2H3. The molecule has 2 aromatic carbocycles. The van der Waals surface area contributed by atoms with Gasteiger partial charge in [0.1, 0.15) is 0 Å². The number of anilines is 1. The van der Waals surface area contributed by atoms with Crippen LogP contribution in [-0.2, 0) is 17.4 Å². The highest BCUT2D eigenvalue weighted by atomic mass is 35.5. The van der Waals surface area contributed by atoms with Gasteiger partial charge < -0.3 is 4.90 Å². The third-order valence-corrected chi connectivity index (χ3v) is 7.48. The van der Waals surface area contributed by atoms with Crippen molar-refractivity contribution in [2.45, 2.75) is 25.5 Å². The molecule has 0 radical (unpaired) electrons. The molecule has 1 saturated heterocycles. The molecule has 0 saturated carbocycles. The van der Waals surface area contributed by atoms with Crippen molar-refractivity contribution in [3.63, 3.8) is 0 Å². The summed E-state index contributed by atoms with van der Waals surface area (Å²) in [7, 11) is -0.989. The first-order valence-electron chi connectivity index (χ1n) is 10.8. The van der Waals surface area contributed by atoms with E-state index < -0.39 is 11.0 Å². The van der Waals surface area contributed by atoms with Gasteiger partial charge >= 0.3 is 0 Å². The van der Waals surface area contributed by atoms with Crippen molar-refractivity contribution in [3.8, 4) is 5.69 Å². The highest BCUT2D eigenvalue weighted by Gasteiger charge is 2.26. The molecule has 1 fully saturated rings. The Kier molecular flexibility index (Phi) is 7.08. The minimum atomic E-state index is -0.989. The lowest BCUT2D eigenvalue weighted by Crippen LogP contribution is -2.49. The van der Waals surface area contributed by atoms with Crippen molar-refractivity contribution in [2.75, 3.05) is 31.1 Å². The molecule has 2 heterocycles. The first-order valence-corrected chi connectivity index (χ1v) is 12.3. The van der Waals surface area contributed by atoms with Gasteiger partial charge in [0.05, 0.1) is 28.6 Å². The van der Waals surface area contributed by atoms with Gasteiger partial charge in [-0.05, 0) is 37.6 Å². The monoisotopic (exact) mass is 470 g/mol. The lowest BCUT2D eigenvalue weighted by molar-refractivity contribution is 0.406. The van der Waals surface area contributed by atoms with Gasteiger partial charge in [0, 0.05) is 48.4 Å². The summed E-state index contributed by atoms with van der Waals surface area (Å²) in [6, 6.07) is 17.1. The van der Waals surface area contributed by atoms with E-state index in [1.54, 1.807) is 18.3 Å². The molecule has 3 aromatic rings. The molecule has 1 aromatic heterocycles. The molecule has 0 bridgehead atoms. The predicted molar refractivity (Wildman–Crippen MR) is 131 cm³/mol. The number of aromatic nitrogens is 2. The molecule has 168 valence electrons. The van der Waals surface area contributed by atoms with E-state index in [1.807, 2.05) is 60.6 Å². The van der Waals surface area contributed by atoms with Crippen LogP contribution in [0.15, 0.2) is 65.6 Å². The SMILES string of the molecule is CC(C)S(=O)N1CCN(c2cnn(-c3cccc(Cl)c3)c(=O)c2Cc2ccccc2)CC1. The Bertz CT molecular complexity index is 1160. The smallest absolute Gasteiger partial charge is 0.277 e. The van der Waals surface area contributed by atoms with Gasteiger partial charge in [0.2, 0.25) is 0 Å². The number of hydrogen-bond donors (Lipinski definition) is 0. The quantitative estimate of drug-likeness (QED) is 0.551. The molecule has 32 heavy (non-hydrogen) atoms. The van der Waals surface area contributed by atoms with Crippen molar-refractivity contribution < 1.29 is 4.21 Å². The Morgan fingerprint density at radius 2 is 1.75 bits per heavy atom. The molecule has 1 atom stereocenters. The van der Waals surface area contributed by atoms with Gasteiger partial charge in [-0.25, -0.2) is 8.51 Å². The van der Waals surface area contributed by atoms with Crippen LogP contribution in [0.25, 0.3) is 5.69 Å². The first-order chi connectivity index (χ1) is 15.4. The molecule has 0 amide bonds. The number of benzene rings is 2. The zero-order chi connectivity index (χ0) is 22.7. The molecule has 0 spiro atoms. The lowest BCUT2D eigenvalue weighted by Gasteiger charge is -2.36. The largest absolute Gasteiger partial charge is 0.367 e. The van der Waals surface area contributed by atoms with E-state index in [9.17, 15) is 9.00 Å². The van der Waals surface area contributed by atoms with E-state index in [2.05, 4.69) is 10.00 Å². The van der Waals surface area contributed by atoms with Crippen molar-refractivity contribution in [1.82, 2.24) is 14.1 Å². The number of rotatable bonds is 6. The summed E-state index contributed by atoms with van der Waals surface area (Å²) in [5.41, 5.74) is 3.09. The third-order valence-electron chi connectivity index (χ3n) is 5.57. The number of nitrogens with zero attached hydrogens (tertiary/aromatic N) is 4. The lowest BCUT2D eigenvalue weighted by atomic mass is 10.0. The van der Waals surface area contributed by atoms with Crippen LogP contribution in [-0.4, -0.2) is 49.7 Å². The van der Waals surface area contributed by atoms with Crippen LogP contribution in [0.5, 0.6) is 0 Å². The fraction of sp³-hybridized carbons (Fsp3) is 0.333. The Morgan fingerprint density at radius 3 is 2.41 bits per heavy atom. The molecule has 4 rings (SSSR count). The number of piperazine rings is 1. The molecule has 1 aliphatic heterocycles. The summed E-state index contributed by atoms with van der Waals surface area (Å²) in [6.45, 7) is 6.71. The van der Waals surface area contributed by atoms with Crippen LogP contribution in [0.3, 0.4) is 0 Å². The van der Waals surface area contributed by atoms with E-state index in [4.69, 9.17) is 11.6 Å². The number of hydrogen-bond acceptors (Lipinski definition) is 4. The molecule has 6 nitrogen and oxygen atoms in total. The Balaban J connectivity index is 1.70. The Morgan fingerprint density at radius 1 is 1.03 bits per heavy atom. The van der Waals surface area contributed by atoms with Crippen molar-refractivity contribution in [2.24, 2.45) is 0 Å². The molecular weight excluding hydrogens is 444 g/mol. The number of halogens is 1. The van der Waals surface area contributed by atoms with Crippen molar-refractivity contribution >= 4 is 28.3 Å². The minimum absolute atomic E-state index is 0.0958. The van der Waals surface area contributed by atoms with Crippen molar-refractivity contribution in [3.05, 3.63) is 87.3 Å². The topological polar surface area (TPSA) is 58.4 Å². The predicted octanol–water partition coefficient (Wildman–Crippen LogP) is 3.67. The minimum Gasteiger partial charge on any atom is -0.367 e. The van der Waals surface area contributed by atoms with Crippen LogP contribution in [0.4, 0.5) is 5.69 Å². The van der Waals surface area contributed by atoms with E-state index in [1.165, 1.54) is 4.68 Å². The second kappa shape index (κ2) is 9.98. The van der Waals surface area contributed by atoms with Gasteiger partial charge in [-0.1, -0.05) is 48.0 Å². The fourth-order valence-corrected chi connectivity index (χ4v) is 5.22. The first kappa shape index (κ1) is 22.7. The summed E-state index contributed by atoms with van der Waals surface area (Å²) >= 11 is 6.15. The summed E-state index contributed by atoms with van der Waals surface area (Å²) in [5, 5.41) is 5.13. The average Bonchev–Trinajstić information content (AvgIpc) is 2.80. The maximum atomic E-state index is 13.6. The maximum absolute atomic E-state index is 13.6. The van der Waals surface area contributed by atoms with Gasteiger partial charge in [-0.3, -0.25) is 4.79 Å². The summed E-state index contributed by atoms with van der Waals surface area (Å²) < 4.78 is 15.9. The van der Waals surface area contributed by atoms with E-state index in [0.29, 0.717) is 48.9 Å². The molecule has 1 aliphatic rings. The third kappa shape index (κ3) is 4.95. The average molecular weight is 471 g/mol. The second-order valence-corrected chi connectivity index (χ2v) is 10.6. The molecule has 0 N–H and O–H groups in total. The summed E-state index contributed by atoms with van der Waals surface area (Å²) in [6.07, 6.45) is 2.28. The van der Waals surface area contributed by atoms with Crippen LogP contribution in [0.1, 0.15) is 25.0 Å². The fourth-order valence-electron chi connectivity index (χ4n) is 3.92. The van der Waals surface area contributed by atoms with Gasteiger partial charge in [-0.15, -0.1) is 0 Å². The normalized spacial score (nSPS) is 15.8. The summed E-state index contributed by atoms with van der Waals surface area (Å²) in [4.78, 5) is 15.8. The van der Waals surface area contributed by atoms with Crippen LogP contribution in [0, 0.1) is 0 Å².